The Kier molecular flexibility index (Phi) is 6.01. The van der Waals surface area contributed by atoms with Gasteiger partial charge in [-0.05, 0) is 48.0 Å². The average Bonchev–Trinajstić information content (AvgIpc) is 3.16. The van der Waals surface area contributed by atoms with Crippen LogP contribution >= 0.6 is 27.7 Å². The molecule has 0 aromatic heterocycles. The van der Waals surface area contributed by atoms with Crippen molar-refractivity contribution in [1.29, 1.82) is 0 Å². The fraction of sp³-hybridized carbons (Fsp3) is 0.190. The number of halogens is 1. The lowest BCUT2D eigenvalue weighted by molar-refractivity contribution is 0.394. The first-order valence-electron chi connectivity index (χ1n) is 8.99. The summed E-state index contributed by atoms with van der Waals surface area (Å²) in [6, 6.07) is 13.9. The van der Waals surface area contributed by atoms with Gasteiger partial charge in [-0.25, -0.2) is 15.0 Å². The van der Waals surface area contributed by atoms with Gasteiger partial charge in [0.1, 0.15) is 17.2 Å². The predicted molar refractivity (Wildman–Crippen MR) is 116 cm³/mol. The van der Waals surface area contributed by atoms with Gasteiger partial charge in [-0.3, -0.25) is 0 Å². The van der Waals surface area contributed by atoms with Crippen LogP contribution < -0.4 is 9.47 Å². The van der Waals surface area contributed by atoms with Crippen molar-refractivity contribution in [1.82, 2.24) is 19.5 Å². The molecular formula is C21H19BrN4O2S. The predicted octanol–water partition coefficient (Wildman–Crippen LogP) is 4.95. The zero-order chi connectivity index (χ0) is 20.2. The molecule has 0 saturated heterocycles. The van der Waals surface area contributed by atoms with E-state index in [2.05, 4.69) is 38.0 Å². The number of nitrogens with zero attached hydrogens (tertiary/aromatic N) is 4. The van der Waals surface area contributed by atoms with E-state index in [4.69, 9.17) is 14.5 Å². The second-order valence-corrected chi connectivity index (χ2v) is 8.13. The van der Waals surface area contributed by atoms with E-state index >= 15 is 0 Å². The van der Waals surface area contributed by atoms with Gasteiger partial charge in [0.2, 0.25) is 0 Å². The maximum atomic E-state index is 5.46. The molecule has 8 heteroatoms. The Morgan fingerprint density at radius 2 is 1.93 bits per heavy atom. The molecule has 2 aliphatic heterocycles. The van der Waals surface area contributed by atoms with Gasteiger partial charge in [0, 0.05) is 11.0 Å². The number of aromatic nitrogens is 4. The molecule has 2 heterocycles. The van der Waals surface area contributed by atoms with Crippen molar-refractivity contribution in [2.45, 2.75) is 23.0 Å². The van der Waals surface area contributed by atoms with Crippen molar-refractivity contribution < 1.29 is 9.47 Å². The minimum Gasteiger partial charge on any atom is -0.497 e. The highest BCUT2D eigenvalue weighted by Crippen LogP contribution is 2.37. The molecule has 6 nitrogen and oxygen atoms in total. The quantitative estimate of drug-likeness (QED) is 0.380. The number of imidazole rings is 1. The van der Waals surface area contributed by atoms with Crippen LogP contribution in [0.3, 0.4) is 0 Å². The van der Waals surface area contributed by atoms with Gasteiger partial charge in [-0.1, -0.05) is 34.1 Å². The van der Waals surface area contributed by atoms with Crippen molar-refractivity contribution >= 4 is 27.7 Å². The third kappa shape index (κ3) is 4.38. The van der Waals surface area contributed by atoms with E-state index in [1.807, 2.05) is 34.9 Å². The van der Waals surface area contributed by atoms with Gasteiger partial charge in [0.15, 0.2) is 11.0 Å². The molecule has 0 atom stereocenters. The number of methoxy groups -OCH3 is 2. The van der Waals surface area contributed by atoms with E-state index in [-0.39, 0.29) is 0 Å². The molecule has 0 N–H and O–H groups in total. The Balaban J connectivity index is 1.59. The maximum Gasteiger partial charge on any atom is 0.195 e. The fourth-order valence-electron chi connectivity index (χ4n) is 2.98. The molecule has 0 aliphatic carbocycles. The monoisotopic (exact) mass is 470 g/mol. The fourth-order valence-corrected chi connectivity index (χ4v) is 4.36. The van der Waals surface area contributed by atoms with E-state index in [1.54, 1.807) is 26.7 Å². The summed E-state index contributed by atoms with van der Waals surface area (Å²) < 4.78 is 13.9. The highest BCUT2D eigenvalue weighted by molar-refractivity contribution is 9.10. The number of ether oxygens (including phenoxy) is 2. The summed E-state index contributed by atoms with van der Waals surface area (Å²) in [6.07, 6.45) is 4.41. The molecule has 0 spiro atoms. The zero-order valence-electron chi connectivity index (χ0n) is 16.0. The molecule has 0 saturated carbocycles. The first kappa shape index (κ1) is 19.7. The van der Waals surface area contributed by atoms with Crippen LogP contribution in [-0.4, -0.2) is 33.7 Å². The number of hydrogen-bond acceptors (Lipinski definition) is 6. The lowest BCUT2D eigenvalue weighted by Gasteiger charge is -2.10. The number of aryl methyl sites for hydroxylation is 2. The van der Waals surface area contributed by atoms with Crippen LogP contribution in [0.1, 0.15) is 5.56 Å². The van der Waals surface area contributed by atoms with E-state index in [0.29, 0.717) is 5.16 Å². The van der Waals surface area contributed by atoms with Crippen molar-refractivity contribution in [3.8, 4) is 23.0 Å². The van der Waals surface area contributed by atoms with Gasteiger partial charge in [0.05, 0.1) is 31.6 Å². The van der Waals surface area contributed by atoms with Crippen LogP contribution in [0.25, 0.3) is 11.5 Å². The van der Waals surface area contributed by atoms with Crippen LogP contribution in [0, 0.1) is 0 Å². The number of fused-ring (bicyclic) bond motifs is 1. The first-order chi connectivity index (χ1) is 14.2. The van der Waals surface area contributed by atoms with Gasteiger partial charge in [0.25, 0.3) is 0 Å². The summed E-state index contributed by atoms with van der Waals surface area (Å²) in [6.45, 7) is 0.762. The molecular weight excluding hydrogens is 452 g/mol. The van der Waals surface area contributed by atoms with Gasteiger partial charge in [-0.15, -0.1) is 0 Å². The van der Waals surface area contributed by atoms with E-state index in [1.165, 1.54) is 17.3 Å². The maximum absolute atomic E-state index is 5.46. The normalized spacial score (nSPS) is 11.0. The Bertz CT molecular complexity index is 1100. The van der Waals surface area contributed by atoms with Gasteiger partial charge < -0.3 is 14.0 Å². The standard InChI is InChI=1S/C21H19BrN4O2S/c1-27-15-7-8-18(28-2)19(11-15)29-21-24-17-12-23-13-26(20(17)25-21)10-9-14-5-3-4-6-16(14)22/h3-8,11-13H,9-10H2,1-2H3. The molecule has 148 valence electrons. The highest BCUT2D eigenvalue weighted by Gasteiger charge is 2.17. The summed E-state index contributed by atoms with van der Waals surface area (Å²) in [5.41, 5.74) is 2.01. The molecule has 2 aromatic carbocycles. The molecule has 0 amide bonds. The SMILES string of the molecule is COc1ccc(OC)c(Sc2nc3cncn(CCc4ccccc4Br)c-3n2)c1. The van der Waals surface area contributed by atoms with Gasteiger partial charge >= 0.3 is 0 Å². The third-order valence-corrected chi connectivity index (χ3v) is 6.15. The summed E-state index contributed by atoms with van der Waals surface area (Å²) in [5, 5.41) is 0.647. The molecule has 0 radical (unpaired) electrons. The minimum atomic E-state index is 0.647. The van der Waals surface area contributed by atoms with E-state index in [9.17, 15) is 0 Å². The van der Waals surface area contributed by atoms with Crippen LogP contribution in [0.15, 0.2) is 69.5 Å². The average molecular weight is 471 g/mol. The molecule has 4 rings (SSSR count). The summed E-state index contributed by atoms with van der Waals surface area (Å²) in [7, 11) is 3.29. The first-order valence-corrected chi connectivity index (χ1v) is 10.6. The van der Waals surface area contributed by atoms with E-state index < -0.39 is 0 Å². The highest BCUT2D eigenvalue weighted by atomic mass is 79.9. The molecule has 0 fully saturated rings. The lowest BCUT2D eigenvalue weighted by atomic mass is 10.1. The van der Waals surface area contributed by atoms with Crippen LogP contribution in [0.2, 0.25) is 0 Å². The molecule has 2 aliphatic rings. The Labute approximate surface area is 181 Å². The molecule has 0 bridgehead atoms. The van der Waals surface area contributed by atoms with Crippen molar-refractivity contribution in [2.75, 3.05) is 14.2 Å². The van der Waals surface area contributed by atoms with Crippen LogP contribution in [0.5, 0.6) is 11.5 Å². The zero-order valence-corrected chi connectivity index (χ0v) is 18.4. The lowest BCUT2D eigenvalue weighted by Crippen LogP contribution is -2.07. The third-order valence-electron chi connectivity index (χ3n) is 4.47. The van der Waals surface area contributed by atoms with Crippen molar-refractivity contribution in [2.24, 2.45) is 0 Å². The van der Waals surface area contributed by atoms with Crippen LogP contribution in [0.4, 0.5) is 0 Å². The Hall–Kier alpha value is -2.58. The number of benzene rings is 2. The second kappa shape index (κ2) is 8.84. The summed E-state index contributed by atoms with van der Waals surface area (Å²) in [4.78, 5) is 14.6. The summed E-state index contributed by atoms with van der Waals surface area (Å²) in [5.74, 6) is 2.33. The van der Waals surface area contributed by atoms with Crippen molar-refractivity contribution in [3.05, 3.63) is 65.0 Å². The number of rotatable bonds is 7. The van der Waals surface area contributed by atoms with Crippen molar-refractivity contribution in [3.63, 3.8) is 0 Å². The molecule has 2 aromatic rings. The smallest absolute Gasteiger partial charge is 0.195 e. The minimum absolute atomic E-state index is 0.647. The Morgan fingerprint density at radius 1 is 1.07 bits per heavy atom. The molecule has 0 unspecified atom stereocenters. The number of hydrogen-bond donors (Lipinski definition) is 0. The Morgan fingerprint density at radius 3 is 2.72 bits per heavy atom. The largest absolute Gasteiger partial charge is 0.497 e. The summed E-state index contributed by atoms with van der Waals surface area (Å²) >= 11 is 5.05. The topological polar surface area (TPSA) is 62.1 Å². The van der Waals surface area contributed by atoms with E-state index in [0.717, 1.165) is 45.4 Å². The second-order valence-electron chi connectivity index (χ2n) is 6.26. The van der Waals surface area contributed by atoms with Gasteiger partial charge in [-0.2, -0.15) is 0 Å². The van der Waals surface area contributed by atoms with Crippen LogP contribution in [-0.2, 0) is 13.0 Å². The molecule has 29 heavy (non-hydrogen) atoms.